The molecule has 0 aliphatic carbocycles. The zero-order valence-corrected chi connectivity index (χ0v) is 28.1. The van der Waals surface area contributed by atoms with E-state index in [-0.39, 0.29) is 29.5 Å². The molecule has 1 N–H and O–H groups in total. The topological polar surface area (TPSA) is 105 Å². The Bertz CT molecular complexity index is 1810. The molecule has 0 aromatic heterocycles. The van der Waals surface area contributed by atoms with Crippen molar-refractivity contribution < 1.29 is 27.5 Å². The van der Waals surface area contributed by atoms with Gasteiger partial charge in [-0.25, -0.2) is 8.42 Å². The van der Waals surface area contributed by atoms with Crippen molar-refractivity contribution in [1.29, 1.82) is 0 Å². The van der Waals surface area contributed by atoms with Gasteiger partial charge in [0, 0.05) is 29.6 Å². The van der Waals surface area contributed by atoms with Gasteiger partial charge in [-0.1, -0.05) is 78.3 Å². The first-order valence-electron chi connectivity index (χ1n) is 15.3. The summed E-state index contributed by atoms with van der Waals surface area (Å²) in [6.45, 7) is 5.62. The van der Waals surface area contributed by atoms with Crippen molar-refractivity contribution in [1.82, 2.24) is 10.2 Å². The van der Waals surface area contributed by atoms with E-state index in [0.29, 0.717) is 35.3 Å². The normalized spacial score (nSPS) is 13.4. The highest BCUT2D eigenvalue weighted by Gasteiger charge is 2.36. The van der Waals surface area contributed by atoms with E-state index in [4.69, 9.17) is 21.1 Å². The number of ether oxygens (including phenoxy) is 2. The van der Waals surface area contributed by atoms with Crippen LogP contribution in [-0.2, 0) is 32.6 Å². The van der Waals surface area contributed by atoms with Crippen LogP contribution in [0.5, 0.6) is 11.5 Å². The summed E-state index contributed by atoms with van der Waals surface area (Å²) in [7, 11) is -4.26. The number of hydrogen-bond donors (Lipinski definition) is 1. The first kappa shape index (κ1) is 33.8. The lowest BCUT2D eigenvalue weighted by atomic mass is 10.0. The number of amides is 2. The maximum absolute atomic E-state index is 14.7. The summed E-state index contributed by atoms with van der Waals surface area (Å²) in [4.78, 5) is 30.1. The second kappa shape index (κ2) is 14.5. The van der Waals surface area contributed by atoms with Gasteiger partial charge in [0.25, 0.3) is 10.0 Å². The highest BCUT2D eigenvalue weighted by molar-refractivity contribution is 7.92. The molecule has 246 valence electrons. The Morgan fingerprint density at radius 2 is 1.47 bits per heavy atom. The van der Waals surface area contributed by atoms with Crippen molar-refractivity contribution >= 4 is 39.1 Å². The van der Waals surface area contributed by atoms with Crippen molar-refractivity contribution in [2.75, 3.05) is 24.1 Å². The first-order valence-corrected chi connectivity index (χ1v) is 17.1. The fourth-order valence-corrected chi connectivity index (χ4v) is 6.88. The second-order valence-corrected chi connectivity index (χ2v) is 14.5. The van der Waals surface area contributed by atoms with Crippen molar-refractivity contribution in [2.24, 2.45) is 0 Å². The lowest BCUT2D eigenvalue weighted by Crippen LogP contribution is -2.56. The standard InChI is InChI=1S/C36H38ClN3O6S/c1-36(2,3)38-35(42)31(22-26-12-6-4-7-13-26)39(24-27-14-10-11-17-30(27)37)34(41)25-40(47(43,44)29-15-8-5-9-16-29)28-18-19-32-33(23-28)46-21-20-45-32/h4-19,23,31H,20-22,24-25H2,1-3H3,(H,38,42)/t31-/m1/s1. The minimum absolute atomic E-state index is 0.00616. The first-order chi connectivity index (χ1) is 22.4. The van der Waals surface area contributed by atoms with Gasteiger partial charge >= 0.3 is 0 Å². The monoisotopic (exact) mass is 675 g/mol. The molecular formula is C36H38ClN3O6S. The summed E-state index contributed by atoms with van der Waals surface area (Å²) in [5.41, 5.74) is 1.06. The molecule has 0 fully saturated rings. The molecule has 0 saturated heterocycles. The van der Waals surface area contributed by atoms with Gasteiger partial charge in [0.15, 0.2) is 11.5 Å². The fraction of sp³-hybridized carbons (Fsp3) is 0.278. The molecule has 2 amide bonds. The Hall–Kier alpha value is -4.54. The minimum Gasteiger partial charge on any atom is -0.486 e. The van der Waals surface area contributed by atoms with Crippen LogP contribution < -0.4 is 19.1 Å². The largest absolute Gasteiger partial charge is 0.486 e. The molecule has 0 radical (unpaired) electrons. The number of sulfonamides is 1. The number of carbonyl (C=O) groups excluding carboxylic acids is 2. The van der Waals surface area contributed by atoms with E-state index >= 15 is 0 Å². The van der Waals surface area contributed by atoms with Crippen LogP contribution in [-0.4, -0.2) is 56.5 Å². The number of carbonyl (C=O) groups is 2. The average Bonchev–Trinajstić information content (AvgIpc) is 3.05. The molecule has 11 heteroatoms. The van der Waals surface area contributed by atoms with Gasteiger partial charge in [-0.15, -0.1) is 0 Å². The van der Waals surface area contributed by atoms with Crippen LogP contribution in [0.15, 0.2) is 108 Å². The summed E-state index contributed by atoms with van der Waals surface area (Å²) in [5.74, 6) is -0.123. The lowest BCUT2D eigenvalue weighted by molar-refractivity contribution is -0.140. The zero-order chi connectivity index (χ0) is 33.6. The fourth-order valence-electron chi connectivity index (χ4n) is 5.25. The number of hydrogen-bond acceptors (Lipinski definition) is 6. The Morgan fingerprint density at radius 1 is 0.851 bits per heavy atom. The van der Waals surface area contributed by atoms with Gasteiger partial charge in [0.2, 0.25) is 11.8 Å². The third kappa shape index (κ3) is 8.44. The van der Waals surface area contributed by atoms with Gasteiger partial charge in [-0.3, -0.25) is 13.9 Å². The van der Waals surface area contributed by atoms with Gasteiger partial charge in [-0.05, 0) is 62.2 Å². The molecular weight excluding hydrogens is 638 g/mol. The van der Waals surface area contributed by atoms with Crippen LogP contribution in [0.2, 0.25) is 5.02 Å². The molecule has 1 heterocycles. The zero-order valence-electron chi connectivity index (χ0n) is 26.6. The van der Waals surface area contributed by atoms with E-state index in [1.54, 1.807) is 60.7 Å². The van der Waals surface area contributed by atoms with Gasteiger partial charge < -0.3 is 19.7 Å². The lowest BCUT2D eigenvalue weighted by Gasteiger charge is -2.35. The Kier molecular flexibility index (Phi) is 10.4. The van der Waals surface area contributed by atoms with Crippen LogP contribution in [0.1, 0.15) is 31.9 Å². The third-order valence-corrected chi connectivity index (χ3v) is 9.65. The Labute approximate surface area is 281 Å². The predicted octanol–water partition coefficient (Wildman–Crippen LogP) is 5.86. The maximum Gasteiger partial charge on any atom is 0.264 e. The van der Waals surface area contributed by atoms with Gasteiger partial charge in [-0.2, -0.15) is 0 Å². The quantitative estimate of drug-likeness (QED) is 0.214. The van der Waals surface area contributed by atoms with Crippen LogP contribution >= 0.6 is 11.6 Å². The molecule has 9 nitrogen and oxygen atoms in total. The van der Waals surface area contributed by atoms with Crippen molar-refractivity contribution in [3.8, 4) is 11.5 Å². The van der Waals surface area contributed by atoms with Crippen LogP contribution in [0.3, 0.4) is 0 Å². The maximum atomic E-state index is 14.7. The number of benzene rings is 4. The smallest absolute Gasteiger partial charge is 0.264 e. The molecule has 0 saturated carbocycles. The molecule has 47 heavy (non-hydrogen) atoms. The summed E-state index contributed by atoms with van der Waals surface area (Å²) in [6.07, 6.45) is 0.189. The van der Waals surface area contributed by atoms with E-state index in [1.807, 2.05) is 51.1 Å². The summed E-state index contributed by atoms with van der Waals surface area (Å²) >= 11 is 6.58. The third-order valence-electron chi connectivity index (χ3n) is 7.49. The summed E-state index contributed by atoms with van der Waals surface area (Å²) in [5, 5.41) is 3.44. The Balaban J connectivity index is 1.60. The van der Waals surface area contributed by atoms with Crippen molar-refractivity contribution in [3.05, 3.63) is 119 Å². The molecule has 1 aliphatic rings. The molecule has 0 unspecified atom stereocenters. The molecule has 5 rings (SSSR count). The number of nitrogens with zero attached hydrogens (tertiary/aromatic N) is 2. The van der Waals surface area contributed by atoms with Crippen LogP contribution in [0, 0.1) is 0 Å². The van der Waals surface area contributed by atoms with Gasteiger partial charge in [0.1, 0.15) is 25.8 Å². The molecule has 1 aliphatic heterocycles. The van der Waals surface area contributed by atoms with Crippen molar-refractivity contribution in [2.45, 2.75) is 50.2 Å². The minimum atomic E-state index is -4.26. The van der Waals surface area contributed by atoms with E-state index in [0.717, 1.165) is 9.87 Å². The molecule has 4 aromatic carbocycles. The van der Waals surface area contributed by atoms with E-state index in [1.165, 1.54) is 17.0 Å². The SMILES string of the molecule is CC(C)(C)NC(=O)[C@@H](Cc1ccccc1)N(Cc1ccccc1Cl)C(=O)CN(c1ccc2c(c1)OCCO2)S(=O)(=O)c1ccccc1. The molecule has 0 bridgehead atoms. The Morgan fingerprint density at radius 3 is 2.13 bits per heavy atom. The van der Waals surface area contributed by atoms with Gasteiger partial charge in [0.05, 0.1) is 10.6 Å². The number of halogens is 1. The molecule has 1 atom stereocenters. The summed E-state index contributed by atoms with van der Waals surface area (Å²) in [6, 6.07) is 28.1. The molecule has 0 spiro atoms. The van der Waals surface area contributed by atoms with Crippen LogP contribution in [0.25, 0.3) is 0 Å². The number of nitrogens with one attached hydrogen (secondary N) is 1. The number of rotatable bonds is 11. The number of anilines is 1. The predicted molar refractivity (Wildman–Crippen MR) is 182 cm³/mol. The van der Waals surface area contributed by atoms with E-state index in [2.05, 4.69) is 5.32 Å². The molecule has 4 aromatic rings. The van der Waals surface area contributed by atoms with E-state index in [9.17, 15) is 18.0 Å². The van der Waals surface area contributed by atoms with E-state index < -0.39 is 34.1 Å². The second-order valence-electron chi connectivity index (χ2n) is 12.2. The highest BCUT2D eigenvalue weighted by atomic mass is 35.5. The average molecular weight is 676 g/mol. The van der Waals surface area contributed by atoms with Crippen LogP contribution in [0.4, 0.5) is 5.69 Å². The number of fused-ring (bicyclic) bond motifs is 1. The van der Waals surface area contributed by atoms with Crippen molar-refractivity contribution in [3.63, 3.8) is 0 Å². The summed E-state index contributed by atoms with van der Waals surface area (Å²) < 4.78 is 40.9. The highest BCUT2D eigenvalue weighted by Crippen LogP contribution is 2.36.